The molecule has 0 bridgehead atoms. The van der Waals surface area contributed by atoms with Crippen LogP contribution in [0.4, 0.5) is 0 Å². The summed E-state index contributed by atoms with van der Waals surface area (Å²) in [4.78, 5) is 24.3. The summed E-state index contributed by atoms with van der Waals surface area (Å²) in [7, 11) is 1.82. The van der Waals surface area contributed by atoms with Gasteiger partial charge in [-0.25, -0.2) is 0 Å². The molecule has 1 unspecified atom stereocenters. The van der Waals surface area contributed by atoms with Crippen LogP contribution >= 0.6 is 0 Å². The van der Waals surface area contributed by atoms with Crippen LogP contribution in [0.15, 0.2) is 12.3 Å². The SMILES string of the molecule is Cn1ccc(CN2CCNC(=O)C2CC(=O)O)n1. The van der Waals surface area contributed by atoms with Crippen molar-refractivity contribution in [2.75, 3.05) is 13.1 Å². The van der Waals surface area contributed by atoms with Crippen LogP contribution in [0.25, 0.3) is 0 Å². The van der Waals surface area contributed by atoms with Crippen LogP contribution in [0.5, 0.6) is 0 Å². The summed E-state index contributed by atoms with van der Waals surface area (Å²) in [6.45, 7) is 1.67. The number of aromatic nitrogens is 2. The minimum Gasteiger partial charge on any atom is -0.481 e. The molecule has 0 radical (unpaired) electrons. The molecule has 18 heavy (non-hydrogen) atoms. The first-order valence-corrected chi connectivity index (χ1v) is 5.78. The molecule has 2 N–H and O–H groups in total. The van der Waals surface area contributed by atoms with Crippen LogP contribution in [0.1, 0.15) is 12.1 Å². The van der Waals surface area contributed by atoms with E-state index < -0.39 is 12.0 Å². The van der Waals surface area contributed by atoms with Crippen molar-refractivity contribution in [3.63, 3.8) is 0 Å². The van der Waals surface area contributed by atoms with Crippen LogP contribution in [0.2, 0.25) is 0 Å². The van der Waals surface area contributed by atoms with Crippen molar-refractivity contribution < 1.29 is 14.7 Å². The molecule has 1 aromatic heterocycles. The van der Waals surface area contributed by atoms with Crippen molar-refractivity contribution in [3.05, 3.63) is 18.0 Å². The second kappa shape index (κ2) is 5.18. The number of amides is 1. The smallest absolute Gasteiger partial charge is 0.305 e. The molecule has 0 saturated carbocycles. The molecule has 0 spiro atoms. The Kier molecular flexibility index (Phi) is 3.61. The lowest BCUT2D eigenvalue weighted by molar-refractivity contribution is -0.143. The third-order valence-corrected chi connectivity index (χ3v) is 2.94. The standard InChI is InChI=1S/C11H16N4O3/c1-14-4-2-8(13-14)7-15-5-3-12-11(18)9(15)6-10(16)17/h2,4,9H,3,5-7H2,1H3,(H,12,18)(H,16,17). The molecule has 1 fully saturated rings. The van der Waals surface area contributed by atoms with Crippen molar-refractivity contribution in [1.82, 2.24) is 20.0 Å². The summed E-state index contributed by atoms with van der Waals surface area (Å²) < 4.78 is 1.69. The maximum absolute atomic E-state index is 11.7. The molecule has 98 valence electrons. The van der Waals surface area contributed by atoms with Gasteiger partial charge in [-0.3, -0.25) is 19.2 Å². The maximum Gasteiger partial charge on any atom is 0.305 e. The predicted molar refractivity (Wildman–Crippen MR) is 62.7 cm³/mol. The zero-order valence-corrected chi connectivity index (χ0v) is 10.2. The highest BCUT2D eigenvalue weighted by Crippen LogP contribution is 2.12. The first-order chi connectivity index (χ1) is 8.56. The second-order valence-corrected chi connectivity index (χ2v) is 4.36. The van der Waals surface area contributed by atoms with Gasteiger partial charge in [0.25, 0.3) is 0 Å². The van der Waals surface area contributed by atoms with Gasteiger partial charge in [-0.2, -0.15) is 5.10 Å². The first-order valence-electron chi connectivity index (χ1n) is 5.78. The summed E-state index contributed by atoms with van der Waals surface area (Å²) in [5.74, 6) is -1.19. The molecule has 1 atom stereocenters. The average Bonchev–Trinajstić information content (AvgIpc) is 2.69. The summed E-state index contributed by atoms with van der Waals surface area (Å²) in [5.41, 5.74) is 0.836. The molecule has 2 rings (SSSR count). The summed E-state index contributed by atoms with van der Waals surface area (Å²) in [6.07, 6.45) is 1.64. The number of carboxylic acid groups (broad SMARTS) is 1. The molecule has 7 nitrogen and oxygen atoms in total. The van der Waals surface area contributed by atoms with Gasteiger partial charge in [0.05, 0.1) is 12.1 Å². The Morgan fingerprint density at radius 2 is 2.44 bits per heavy atom. The lowest BCUT2D eigenvalue weighted by Gasteiger charge is -2.33. The van der Waals surface area contributed by atoms with Gasteiger partial charge < -0.3 is 10.4 Å². The third-order valence-electron chi connectivity index (χ3n) is 2.94. The van der Waals surface area contributed by atoms with Gasteiger partial charge in [0.2, 0.25) is 5.91 Å². The third kappa shape index (κ3) is 2.86. The monoisotopic (exact) mass is 252 g/mol. The van der Waals surface area contributed by atoms with Gasteiger partial charge in [0.15, 0.2) is 0 Å². The number of nitrogens with one attached hydrogen (secondary N) is 1. The highest BCUT2D eigenvalue weighted by atomic mass is 16.4. The lowest BCUT2D eigenvalue weighted by atomic mass is 10.1. The van der Waals surface area contributed by atoms with Crippen LogP contribution in [-0.2, 0) is 23.2 Å². The number of carbonyl (C=O) groups excluding carboxylic acids is 1. The molecule has 2 heterocycles. The highest BCUT2D eigenvalue weighted by Gasteiger charge is 2.31. The van der Waals surface area contributed by atoms with Gasteiger partial charge in [-0.15, -0.1) is 0 Å². The fourth-order valence-corrected chi connectivity index (χ4v) is 2.09. The van der Waals surface area contributed by atoms with Gasteiger partial charge in [-0.05, 0) is 6.07 Å². The Hall–Kier alpha value is -1.89. The van der Waals surface area contributed by atoms with E-state index in [-0.39, 0.29) is 12.3 Å². The second-order valence-electron chi connectivity index (χ2n) is 4.36. The molecule has 7 heteroatoms. The van der Waals surface area contributed by atoms with Gasteiger partial charge in [0, 0.05) is 32.9 Å². The number of hydrogen-bond acceptors (Lipinski definition) is 4. The molecular weight excluding hydrogens is 236 g/mol. The summed E-state index contributed by atoms with van der Waals surface area (Å²) in [6, 6.07) is 1.25. The van der Waals surface area contributed by atoms with Crippen molar-refractivity contribution in [2.45, 2.75) is 19.0 Å². The Labute approximate surface area is 104 Å². The molecule has 1 aliphatic rings. The van der Waals surface area contributed by atoms with Crippen molar-refractivity contribution >= 4 is 11.9 Å². The van der Waals surface area contributed by atoms with E-state index in [4.69, 9.17) is 5.11 Å². The summed E-state index contributed by atoms with van der Waals surface area (Å²) >= 11 is 0. The van der Waals surface area contributed by atoms with Crippen molar-refractivity contribution in [1.29, 1.82) is 0 Å². The van der Waals surface area contributed by atoms with Gasteiger partial charge >= 0.3 is 5.97 Å². The number of nitrogens with zero attached hydrogens (tertiary/aromatic N) is 3. The number of rotatable bonds is 4. The average molecular weight is 252 g/mol. The van der Waals surface area contributed by atoms with E-state index in [1.807, 2.05) is 24.2 Å². The molecule has 1 aliphatic heterocycles. The fraction of sp³-hybridized carbons (Fsp3) is 0.545. The Balaban J connectivity index is 2.07. The maximum atomic E-state index is 11.7. The van der Waals surface area contributed by atoms with E-state index in [0.717, 1.165) is 5.69 Å². The van der Waals surface area contributed by atoms with E-state index >= 15 is 0 Å². The van der Waals surface area contributed by atoms with Crippen LogP contribution in [0.3, 0.4) is 0 Å². The first kappa shape index (κ1) is 12.6. The fourth-order valence-electron chi connectivity index (χ4n) is 2.09. The van der Waals surface area contributed by atoms with Crippen molar-refractivity contribution in [3.8, 4) is 0 Å². The largest absolute Gasteiger partial charge is 0.481 e. The number of piperazine rings is 1. The predicted octanol–water partition coefficient (Wildman–Crippen LogP) is -0.805. The number of carbonyl (C=O) groups is 2. The lowest BCUT2D eigenvalue weighted by Crippen LogP contribution is -2.55. The Morgan fingerprint density at radius 1 is 1.67 bits per heavy atom. The topological polar surface area (TPSA) is 87.5 Å². The Morgan fingerprint density at radius 3 is 3.06 bits per heavy atom. The van der Waals surface area contributed by atoms with E-state index in [0.29, 0.717) is 19.6 Å². The van der Waals surface area contributed by atoms with Gasteiger partial charge in [0.1, 0.15) is 6.04 Å². The normalized spacial score (nSPS) is 20.7. The number of carboxylic acids is 1. The van der Waals surface area contributed by atoms with Crippen molar-refractivity contribution in [2.24, 2.45) is 7.05 Å². The number of aryl methyl sites for hydroxylation is 1. The quantitative estimate of drug-likeness (QED) is 0.732. The molecule has 1 amide bonds. The molecule has 0 aliphatic carbocycles. The minimum atomic E-state index is -0.969. The number of hydrogen-bond donors (Lipinski definition) is 2. The van der Waals surface area contributed by atoms with E-state index in [1.165, 1.54) is 0 Å². The minimum absolute atomic E-state index is 0.182. The zero-order valence-electron chi connectivity index (χ0n) is 10.2. The van der Waals surface area contributed by atoms with E-state index in [9.17, 15) is 9.59 Å². The van der Waals surface area contributed by atoms with E-state index in [1.54, 1.807) is 4.68 Å². The number of aliphatic carboxylic acids is 1. The molecule has 0 aromatic carbocycles. The molecule has 1 saturated heterocycles. The van der Waals surface area contributed by atoms with Gasteiger partial charge in [-0.1, -0.05) is 0 Å². The Bertz CT molecular complexity index is 457. The summed E-state index contributed by atoms with van der Waals surface area (Å²) in [5, 5.41) is 15.8. The van der Waals surface area contributed by atoms with Crippen LogP contribution < -0.4 is 5.32 Å². The van der Waals surface area contributed by atoms with Crippen LogP contribution in [-0.4, -0.2) is 50.8 Å². The molecule has 1 aromatic rings. The highest BCUT2D eigenvalue weighted by molar-refractivity contribution is 5.86. The molecular formula is C11H16N4O3. The van der Waals surface area contributed by atoms with Crippen LogP contribution in [0, 0.1) is 0 Å². The zero-order chi connectivity index (χ0) is 13.1. The van der Waals surface area contributed by atoms with E-state index in [2.05, 4.69) is 10.4 Å².